The molecular formula is C37H36O4. The van der Waals surface area contributed by atoms with Crippen molar-refractivity contribution in [3.05, 3.63) is 146 Å². The van der Waals surface area contributed by atoms with Gasteiger partial charge in [0, 0.05) is 0 Å². The molecule has 4 aromatic rings. The SMILES string of the molecule is C=Cc1ccc(OCC(COc2ccc(C=C)cc2)(COc2ccc(C=C)cc2)COc2ccc(C=C)cc2)cc1. The van der Waals surface area contributed by atoms with Crippen molar-refractivity contribution in [3.8, 4) is 23.0 Å². The van der Waals surface area contributed by atoms with Gasteiger partial charge in [-0.15, -0.1) is 0 Å². The lowest BCUT2D eigenvalue weighted by Gasteiger charge is -2.33. The molecule has 208 valence electrons. The molecular weight excluding hydrogens is 508 g/mol. The first-order valence-electron chi connectivity index (χ1n) is 13.5. The minimum Gasteiger partial charge on any atom is -0.493 e. The predicted octanol–water partition coefficient (Wildman–Crippen LogP) is 8.86. The minimum atomic E-state index is -0.678. The molecule has 0 saturated carbocycles. The summed E-state index contributed by atoms with van der Waals surface area (Å²) in [6, 6.07) is 31.2. The summed E-state index contributed by atoms with van der Waals surface area (Å²) < 4.78 is 25.3. The third-order valence-electron chi connectivity index (χ3n) is 6.64. The maximum Gasteiger partial charge on any atom is 0.119 e. The summed E-state index contributed by atoms with van der Waals surface area (Å²) in [5.74, 6) is 2.95. The van der Waals surface area contributed by atoms with Crippen LogP contribution in [0, 0.1) is 5.41 Å². The lowest BCUT2D eigenvalue weighted by Crippen LogP contribution is -2.45. The lowest BCUT2D eigenvalue weighted by atomic mass is 9.92. The van der Waals surface area contributed by atoms with Gasteiger partial charge in [0.1, 0.15) is 54.8 Å². The van der Waals surface area contributed by atoms with Gasteiger partial charge in [-0.2, -0.15) is 0 Å². The topological polar surface area (TPSA) is 36.9 Å². The van der Waals surface area contributed by atoms with E-state index in [1.165, 1.54) is 0 Å². The number of ether oxygens (including phenoxy) is 4. The van der Waals surface area contributed by atoms with E-state index in [0.717, 1.165) is 45.3 Å². The van der Waals surface area contributed by atoms with Crippen molar-refractivity contribution >= 4 is 24.3 Å². The van der Waals surface area contributed by atoms with Crippen molar-refractivity contribution in [2.24, 2.45) is 5.41 Å². The van der Waals surface area contributed by atoms with Gasteiger partial charge >= 0.3 is 0 Å². The van der Waals surface area contributed by atoms with Crippen LogP contribution in [0.5, 0.6) is 23.0 Å². The summed E-state index contributed by atoms with van der Waals surface area (Å²) in [6.07, 6.45) is 7.21. The lowest BCUT2D eigenvalue weighted by molar-refractivity contribution is -0.00351. The van der Waals surface area contributed by atoms with Crippen molar-refractivity contribution in [1.29, 1.82) is 0 Å². The molecule has 0 amide bonds. The number of rotatable bonds is 16. The summed E-state index contributed by atoms with van der Waals surface area (Å²) in [7, 11) is 0. The van der Waals surface area contributed by atoms with Crippen LogP contribution in [0.4, 0.5) is 0 Å². The average molecular weight is 545 g/mol. The van der Waals surface area contributed by atoms with E-state index in [4.69, 9.17) is 18.9 Å². The predicted molar refractivity (Wildman–Crippen MR) is 171 cm³/mol. The Balaban J connectivity index is 1.60. The average Bonchev–Trinajstić information content (AvgIpc) is 3.05. The highest BCUT2D eigenvalue weighted by Crippen LogP contribution is 2.27. The highest BCUT2D eigenvalue weighted by molar-refractivity contribution is 5.50. The van der Waals surface area contributed by atoms with E-state index < -0.39 is 5.41 Å². The molecule has 0 aromatic heterocycles. The van der Waals surface area contributed by atoms with E-state index in [0.29, 0.717) is 26.4 Å². The Kier molecular flexibility index (Phi) is 10.2. The van der Waals surface area contributed by atoms with Crippen LogP contribution in [0.3, 0.4) is 0 Å². The Labute approximate surface area is 243 Å². The van der Waals surface area contributed by atoms with Crippen LogP contribution in [-0.2, 0) is 0 Å². The molecule has 0 radical (unpaired) electrons. The third kappa shape index (κ3) is 8.51. The highest BCUT2D eigenvalue weighted by atomic mass is 16.5. The molecule has 4 nitrogen and oxygen atoms in total. The smallest absolute Gasteiger partial charge is 0.119 e. The molecule has 0 N–H and O–H groups in total. The summed E-state index contributed by atoms with van der Waals surface area (Å²) in [5, 5.41) is 0. The van der Waals surface area contributed by atoms with Crippen LogP contribution in [-0.4, -0.2) is 26.4 Å². The summed E-state index contributed by atoms with van der Waals surface area (Å²) >= 11 is 0. The molecule has 4 rings (SSSR count). The van der Waals surface area contributed by atoms with Gasteiger partial charge in [-0.05, 0) is 70.8 Å². The van der Waals surface area contributed by atoms with E-state index in [-0.39, 0.29) is 0 Å². The zero-order valence-electron chi connectivity index (χ0n) is 23.3. The maximum absolute atomic E-state index is 6.33. The normalized spacial score (nSPS) is 10.7. The molecule has 0 atom stereocenters. The van der Waals surface area contributed by atoms with E-state index in [1.807, 2.05) is 97.1 Å². The first-order chi connectivity index (χ1) is 20.0. The van der Waals surface area contributed by atoms with Gasteiger partial charge in [-0.25, -0.2) is 0 Å². The molecule has 0 aliphatic carbocycles. The van der Waals surface area contributed by atoms with Gasteiger partial charge < -0.3 is 18.9 Å². The van der Waals surface area contributed by atoms with E-state index >= 15 is 0 Å². The zero-order chi connectivity index (χ0) is 28.9. The molecule has 0 fully saturated rings. The molecule has 4 aromatic carbocycles. The zero-order valence-corrected chi connectivity index (χ0v) is 23.3. The fourth-order valence-electron chi connectivity index (χ4n) is 4.00. The molecule has 0 bridgehead atoms. The molecule has 0 heterocycles. The second-order valence-corrected chi connectivity index (χ2v) is 9.75. The van der Waals surface area contributed by atoms with E-state index in [1.54, 1.807) is 24.3 Å². The Hall–Kier alpha value is -4.96. The van der Waals surface area contributed by atoms with Crippen LogP contribution in [0.15, 0.2) is 123 Å². The van der Waals surface area contributed by atoms with E-state index in [2.05, 4.69) is 26.3 Å². The largest absolute Gasteiger partial charge is 0.493 e. The number of hydrogen-bond donors (Lipinski definition) is 0. The van der Waals surface area contributed by atoms with Crippen LogP contribution < -0.4 is 18.9 Å². The molecule has 0 unspecified atom stereocenters. The van der Waals surface area contributed by atoms with Crippen molar-refractivity contribution in [2.75, 3.05) is 26.4 Å². The molecule has 0 aliphatic rings. The van der Waals surface area contributed by atoms with Crippen molar-refractivity contribution in [2.45, 2.75) is 0 Å². The summed E-state index contributed by atoms with van der Waals surface area (Å²) in [4.78, 5) is 0. The quantitative estimate of drug-likeness (QED) is 0.141. The monoisotopic (exact) mass is 544 g/mol. The highest BCUT2D eigenvalue weighted by Gasteiger charge is 2.36. The third-order valence-corrected chi connectivity index (χ3v) is 6.64. The minimum absolute atomic E-state index is 0.292. The Morgan fingerprint density at radius 1 is 0.366 bits per heavy atom. The first-order valence-corrected chi connectivity index (χ1v) is 13.5. The van der Waals surface area contributed by atoms with Crippen LogP contribution in [0.2, 0.25) is 0 Å². The Morgan fingerprint density at radius 2 is 0.561 bits per heavy atom. The fraction of sp³-hybridized carbons (Fsp3) is 0.135. The van der Waals surface area contributed by atoms with Crippen LogP contribution >= 0.6 is 0 Å². The maximum atomic E-state index is 6.33. The first kappa shape index (κ1) is 29.0. The van der Waals surface area contributed by atoms with Gasteiger partial charge in [0.05, 0.1) is 0 Å². The summed E-state index contributed by atoms with van der Waals surface area (Å²) in [5.41, 5.74) is 3.41. The standard InChI is InChI=1S/C37H36O4/c1-5-29-9-17-33(18-10-29)38-25-37(26-39-34-19-11-30(6-2)12-20-34,27-40-35-21-13-31(7-3)14-22-35)28-41-36-23-15-32(8-4)16-24-36/h5-24H,1-4,25-28H2. The number of hydrogen-bond acceptors (Lipinski definition) is 4. The molecule has 41 heavy (non-hydrogen) atoms. The Bertz CT molecular complexity index is 1190. The van der Waals surface area contributed by atoms with Crippen LogP contribution in [0.1, 0.15) is 22.3 Å². The molecule has 0 saturated heterocycles. The Morgan fingerprint density at radius 3 is 0.732 bits per heavy atom. The second-order valence-electron chi connectivity index (χ2n) is 9.75. The van der Waals surface area contributed by atoms with Gasteiger partial charge in [0.2, 0.25) is 0 Å². The van der Waals surface area contributed by atoms with Gasteiger partial charge in [-0.3, -0.25) is 0 Å². The van der Waals surface area contributed by atoms with E-state index in [9.17, 15) is 0 Å². The van der Waals surface area contributed by atoms with Crippen molar-refractivity contribution in [3.63, 3.8) is 0 Å². The van der Waals surface area contributed by atoms with Gasteiger partial charge in [0.15, 0.2) is 0 Å². The van der Waals surface area contributed by atoms with Gasteiger partial charge in [0.25, 0.3) is 0 Å². The second kappa shape index (κ2) is 14.4. The summed E-state index contributed by atoms with van der Waals surface area (Å²) in [6.45, 7) is 16.5. The molecule has 4 heteroatoms. The fourth-order valence-corrected chi connectivity index (χ4v) is 4.00. The number of benzene rings is 4. The van der Waals surface area contributed by atoms with Crippen molar-refractivity contribution < 1.29 is 18.9 Å². The molecule has 0 spiro atoms. The van der Waals surface area contributed by atoms with Crippen LogP contribution in [0.25, 0.3) is 24.3 Å². The van der Waals surface area contributed by atoms with Crippen molar-refractivity contribution in [1.82, 2.24) is 0 Å². The molecule has 0 aliphatic heterocycles. The van der Waals surface area contributed by atoms with Gasteiger partial charge in [-0.1, -0.05) is 99.2 Å².